The van der Waals surface area contributed by atoms with Gasteiger partial charge in [-0.3, -0.25) is 9.59 Å². The van der Waals surface area contributed by atoms with Gasteiger partial charge < -0.3 is 9.80 Å². The molecule has 4 nitrogen and oxygen atoms in total. The van der Waals surface area contributed by atoms with Crippen molar-refractivity contribution in [3.8, 4) is 0 Å². The van der Waals surface area contributed by atoms with Crippen LogP contribution >= 0.6 is 0 Å². The molecular weight excluding hydrogens is 300 g/mol. The van der Waals surface area contributed by atoms with Crippen LogP contribution < -0.4 is 5.32 Å². The predicted molar refractivity (Wildman–Crippen MR) is 94.8 cm³/mol. The molecule has 0 spiro atoms. The van der Waals surface area contributed by atoms with Crippen LogP contribution in [0, 0.1) is 5.92 Å². The molecule has 3 saturated heterocycles. The molecule has 4 heteroatoms. The molecular formula is C20H29N2O2+. The zero-order valence-electron chi connectivity index (χ0n) is 14.7. The van der Waals surface area contributed by atoms with Crippen LogP contribution in [0.1, 0.15) is 48.5 Å². The van der Waals surface area contributed by atoms with E-state index in [1.807, 2.05) is 12.1 Å². The first-order valence-corrected chi connectivity index (χ1v) is 9.28. The largest absolute Gasteiger partial charge is 0.356 e. The summed E-state index contributed by atoms with van der Waals surface area (Å²) in [4.78, 5) is 23.5. The van der Waals surface area contributed by atoms with Gasteiger partial charge in [0.1, 0.15) is 6.54 Å². The Bertz CT molecular complexity index is 572. The maximum atomic E-state index is 12.7. The summed E-state index contributed by atoms with van der Waals surface area (Å²) in [5.41, 5.74) is 2.07. The SMILES string of the molecule is CC(=O)NCCCc1ccc(C(=O)C[N+]23CCC(CC2)CC3)cc1. The Balaban J connectivity index is 1.51. The Kier molecular flexibility index (Phi) is 5.34. The highest BCUT2D eigenvalue weighted by atomic mass is 16.1. The van der Waals surface area contributed by atoms with E-state index < -0.39 is 0 Å². The molecule has 130 valence electrons. The molecule has 1 aromatic carbocycles. The van der Waals surface area contributed by atoms with Crippen LogP contribution in [0.3, 0.4) is 0 Å². The van der Waals surface area contributed by atoms with Crippen LogP contribution in [0.5, 0.6) is 0 Å². The van der Waals surface area contributed by atoms with Gasteiger partial charge in [-0.25, -0.2) is 0 Å². The Labute approximate surface area is 144 Å². The van der Waals surface area contributed by atoms with Gasteiger partial charge in [0.15, 0.2) is 0 Å². The topological polar surface area (TPSA) is 46.2 Å². The number of nitrogens with one attached hydrogen (secondary N) is 1. The van der Waals surface area contributed by atoms with Gasteiger partial charge in [-0.1, -0.05) is 24.3 Å². The molecule has 3 aliphatic rings. The first kappa shape index (κ1) is 17.2. The molecule has 1 aromatic rings. The minimum absolute atomic E-state index is 0.0187. The summed E-state index contributed by atoms with van der Waals surface area (Å²) in [5, 5.41) is 2.81. The number of carbonyl (C=O) groups excluding carboxylic acids is 2. The van der Waals surface area contributed by atoms with Crippen molar-refractivity contribution in [2.75, 3.05) is 32.7 Å². The molecule has 0 aromatic heterocycles. The molecule has 0 aliphatic carbocycles. The molecule has 3 aliphatic heterocycles. The van der Waals surface area contributed by atoms with Gasteiger partial charge in [-0.15, -0.1) is 0 Å². The second kappa shape index (κ2) is 7.47. The van der Waals surface area contributed by atoms with Gasteiger partial charge in [-0.05, 0) is 43.6 Å². The number of amides is 1. The third-order valence-electron chi connectivity index (χ3n) is 5.81. The summed E-state index contributed by atoms with van der Waals surface area (Å²) in [6.45, 7) is 6.50. The van der Waals surface area contributed by atoms with Crippen molar-refractivity contribution < 1.29 is 14.1 Å². The molecule has 0 saturated carbocycles. The van der Waals surface area contributed by atoms with E-state index in [9.17, 15) is 9.59 Å². The van der Waals surface area contributed by atoms with Crippen LogP contribution in [-0.4, -0.2) is 48.9 Å². The average molecular weight is 329 g/mol. The van der Waals surface area contributed by atoms with Crippen molar-refractivity contribution >= 4 is 11.7 Å². The highest BCUT2D eigenvalue weighted by Gasteiger charge is 2.40. The Morgan fingerprint density at radius 2 is 1.71 bits per heavy atom. The van der Waals surface area contributed by atoms with Crippen molar-refractivity contribution in [2.45, 2.75) is 39.0 Å². The van der Waals surface area contributed by atoms with Gasteiger partial charge in [-0.2, -0.15) is 0 Å². The molecule has 0 atom stereocenters. The van der Waals surface area contributed by atoms with Crippen molar-refractivity contribution in [1.29, 1.82) is 0 Å². The lowest BCUT2D eigenvalue weighted by Crippen LogP contribution is -2.60. The summed E-state index contributed by atoms with van der Waals surface area (Å²) in [7, 11) is 0. The fourth-order valence-corrected chi connectivity index (χ4v) is 4.19. The average Bonchev–Trinajstić information content (AvgIpc) is 2.60. The summed E-state index contributed by atoms with van der Waals surface area (Å²) < 4.78 is 1.02. The summed E-state index contributed by atoms with van der Waals surface area (Å²) in [5.74, 6) is 1.24. The standard InChI is InChI=1S/C20H28N2O2/c1-16(23)21-11-2-3-17-4-6-19(7-5-17)20(24)15-22-12-8-18(9-13-22)10-14-22/h4-7,18H,2-3,8-15H2,1H3/p+1. The third-order valence-corrected chi connectivity index (χ3v) is 5.81. The van der Waals surface area contributed by atoms with Crippen molar-refractivity contribution in [1.82, 2.24) is 5.32 Å². The van der Waals surface area contributed by atoms with E-state index in [0.717, 1.165) is 28.8 Å². The first-order chi connectivity index (χ1) is 11.6. The van der Waals surface area contributed by atoms with E-state index in [4.69, 9.17) is 0 Å². The fraction of sp³-hybridized carbons (Fsp3) is 0.600. The molecule has 2 bridgehead atoms. The lowest BCUT2D eigenvalue weighted by molar-refractivity contribution is -0.935. The number of Topliss-reactive ketones (excluding diaryl/α,β-unsaturated/α-hetero) is 1. The van der Waals surface area contributed by atoms with Crippen LogP contribution in [-0.2, 0) is 11.2 Å². The zero-order valence-corrected chi connectivity index (χ0v) is 14.7. The molecule has 0 radical (unpaired) electrons. The number of piperidine rings is 3. The molecule has 3 fully saturated rings. The molecule has 3 heterocycles. The number of aryl methyl sites for hydroxylation is 1. The lowest BCUT2D eigenvalue weighted by atomic mass is 9.85. The lowest BCUT2D eigenvalue weighted by Gasteiger charge is -2.48. The second-order valence-electron chi connectivity index (χ2n) is 7.61. The number of fused-ring (bicyclic) bond motifs is 3. The summed E-state index contributed by atoms with van der Waals surface area (Å²) in [6, 6.07) is 8.07. The number of quaternary nitrogens is 1. The van der Waals surface area contributed by atoms with E-state index in [-0.39, 0.29) is 5.91 Å². The Morgan fingerprint density at radius 1 is 1.08 bits per heavy atom. The summed E-state index contributed by atoms with van der Waals surface area (Å²) >= 11 is 0. The third kappa shape index (κ3) is 4.23. The van der Waals surface area contributed by atoms with Gasteiger partial charge in [0, 0.05) is 19.0 Å². The minimum Gasteiger partial charge on any atom is -0.356 e. The Hall–Kier alpha value is -1.68. The van der Waals surface area contributed by atoms with E-state index in [1.165, 1.54) is 51.4 Å². The molecule has 1 N–H and O–H groups in total. The number of hydrogen-bond donors (Lipinski definition) is 1. The van der Waals surface area contributed by atoms with Gasteiger partial charge in [0.05, 0.1) is 19.6 Å². The quantitative estimate of drug-likeness (QED) is 0.475. The number of ketones is 1. The summed E-state index contributed by atoms with van der Waals surface area (Å²) in [6.07, 6.45) is 5.77. The predicted octanol–water partition coefficient (Wildman–Crippen LogP) is 2.57. The van der Waals surface area contributed by atoms with Crippen LogP contribution in [0.2, 0.25) is 0 Å². The monoisotopic (exact) mass is 329 g/mol. The van der Waals surface area contributed by atoms with Crippen molar-refractivity contribution in [2.24, 2.45) is 5.92 Å². The van der Waals surface area contributed by atoms with Crippen LogP contribution in [0.15, 0.2) is 24.3 Å². The first-order valence-electron chi connectivity index (χ1n) is 9.28. The maximum absolute atomic E-state index is 12.7. The van der Waals surface area contributed by atoms with E-state index in [1.54, 1.807) is 0 Å². The number of nitrogens with zero attached hydrogens (tertiary/aromatic N) is 1. The molecule has 4 rings (SSSR count). The maximum Gasteiger partial charge on any atom is 0.216 e. The minimum atomic E-state index is 0.0187. The van der Waals surface area contributed by atoms with Crippen LogP contribution in [0.25, 0.3) is 0 Å². The van der Waals surface area contributed by atoms with E-state index >= 15 is 0 Å². The molecule has 1 amide bonds. The molecule has 0 unspecified atom stereocenters. The zero-order chi connectivity index (χ0) is 17.0. The van der Waals surface area contributed by atoms with E-state index in [2.05, 4.69) is 17.4 Å². The van der Waals surface area contributed by atoms with Gasteiger partial charge in [0.2, 0.25) is 11.7 Å². The normalized spacial score (nSPS) is 25.5. The van der Waals surface area contributed by atoms with E-state index in [0.29, 0.717) is 18.9 Å². The number of carbonyl (C=O) groups is 2. The molecule has 24 heavy (non-hydrogen) atoms. The second-order valence-corrected chi connectivity index (χ2v) is 7.61. The fourth-order valence-electron chi connectivity index (χ4n) is 4.19. The van der Waals surface area contributed by atoms with Crippen LogP contribution in [0.4, 0.5) is 0 Å². The van der Waals surface area contributed by atoms with Crippen molar-refractivity contribution in [3.05, 3.63) is 35.4 Å². The number of hydrogen-bond acceptors (Lipinski definition) is 2. The number of rotatable bonds is 7. The highest BCUT2D eigenvalue weighted by Crippen LogP contribution is 2.33. The van der Waals surface area contributed by atoms with Gasteiger partial charge in [0.25, 0.3) is 0 Å². The number of benzene rings is 1. The van der Waals surface area contributed by atoms with Gasteiger partial charge >= 0.3 is 0 Å². The van der Waals surface area contributed by atoms with Crippen molar-refractivity contribution in [3.63, 3.8) is 0 Å². The Morgan fingerprint density at radius 3 is 2.29 bits per heavy atom. The highest BCUT2D eigenvalue weighted by molar-refractivity contribution is 5.97. The smallest absolute Gasteiger partial charge is 0.216 e.